The third-order valence-electron chi connectivity index (χ3n) is 4.89. The molecule has 1 fully saturated rings. The van der Waals surface area contributed by atoms with Crippen LogP contribution in [-0.2, 0) is 16.4 Å². The van der Waals surface area contributed by atoms with Crippen molar-refractivity contribution in [3.8, 4) is 0 Å². The van der Waals surface area contributed by atoms with Crippen LogP contribution in [0.1, 0.15) is 41.7 Å². The van der Waals surface area contributed by atoms with E-state index in [-0.39, 0.29) is 11.7 Å². The van der Waals surface area contributed by atoms with Crippen LogP contribution in [0.15, 0.2) is 53.7 Å². The summed E-state index contributed by atoms with van der Waals surface area (Å²) in [5.41, 5.74) is 3.29. The van der Waals surface area contributed by atoms with Crippen molar-refractivity contribution in [1.82, 2.24) is 14.9 Å². The summed E-state index contributed by atoms with van der Waals surface area (Å²) in [5.74, 6) is -0.106. The van der Waals surface area contributed by atoms with Crippen molar-refractivity contribution in [1.29, 1.82) is 0 Å². The van der Waals surface area contributed by atoms with Gasteiger partial charge in [-0.1, -0.05) is 19.1 Å². The summed E-state index contributed by atoms with van der Waals surface area (Å²) in [4.78, 5) is 17.2. The number of fused-ring (bicyclic) bond motifs is 1. The molecule has 0 saturated heterocycles. The summed E-state index contributed by atoms with van der Waals surface area (Å²) in [7, 11) is -3.21. The van der Waals surface area contributed by atoms with Crippen molar-refractivity contribution >= 4 is 26.8 Å². The van der Waals surface area contributed by atoms with Gasteiger partial charge < -0.3 is 9.88 Å². The van der Waals surface area contributed by atoms with Crippen LogP contribution in [0.2, 0.25) is 0 Å². The van der Waals surface area contributed by atoms with Gasteiger partial charge in [-0.25, -0.2) is 13.4 Å². The largest absolute Gasteiger partial charge is 0.348 e. The van der Waals surface area contributed by atoms with Crippen LogP contribution < -0.4 is 5.32 Å². The molecule has 1 N–H and O–H groups in total. The van der Waals surface area contributed by atoms with Gasteiger partial charge in [0.1, 0.15) is 0 Å². The first-order valence-electron chi connectivity index (χ1n) is 9.04. The average Bonchev–Trinajstić information content (AvgIpc) is 3.45. The standard InChI is InChI=1S/C20H21N3O3S/c1-2-27(25,26)17-8-3-14(4-9-17)12-21-20(24)15-5-10-19-18(11-15)22-13-23(19)16-6-7-16/h3-5,8-11,13,16H,2,6-7,12H2,1H3,(H,21,24). The maximum Gasteiger partial charge on any atom is 0.251 e. The summed E-state index contributed by atoms with van der Waals surface area (Å²) in [6.45, 7) is 1.95. The van der Waals surface area contributed by atoms with E-state index in [4.69, 9.17) is 0 Å². The number of sulfone groups is 1. The Hall–Kier alpha value is -2.67. The molecule has 0 bridgehead atoms. The summed E-state index contributed by atoms with van der Waals surface area (Å²) < 4.78 is 25.9. The number of hydrogen-bond donors (Lipinski definition) is 1. The maximum atomic E-state index is 12.4. The van der Waals surface area contributed by atoms with Crippen LogP contribution in [0.5, 0.6) is 0 Å². The highest BCUT2D eigenvalue weighted by Crippen LogP contribution is 2.37. The van der Waals surface area contributed by atoms with Crippen molar-refractivity contribution in [3.63, 3.8) is 0 Å². The molecule has 1 heterocycles. The number of nitrogens with zero attached hydrogens (tertiary/aromatic N) is 2. The highest BCUT2D eigenvalue weighted by Gasteiger charge is 2.25. The Bertz CT molecular complexity index is 1100. The third-order valence-corrected chi connectivity index (χ3v) is 6.64. The minimum atomic E-state index is -3.21. The second-order valence-electron chi connectivity index (χ2n) is 6.82. The molecule has 1 saturated carbocycles. The van der Waals surface area contributed by atoms with Gasteiger partial charge in [0.25, 0.3) is 5.91 Å². The van der Waals surface area contributed by atoms with E-state index in [9.17, 15) is 13.2 Å². The number of imidazole rings is 1. The molecule has 0 spiro atoms. The highest BCUT2D eigenvalue weighted by atomic mass is 32.2. The third kappa shape index (κ3) is 3.60. The van der Waals surface area contributed by atoms with Crippen molar-refractivity contribution in [2.75, 3.05) is 5.75 Å². The number of amides is 1. The van der Waals surface area contributed by atoms with Crippen LogP contribution in [-0.4, -0.2) is 29.6 Å². The van der Waals surface area contributed by atoms with E-state index >= 15 is 0 Å². The second kappa shape index (κ2) is 6.81. The number of rotatable bonds is 6. The van der Waals surface area contributed by atoms with Gasteiger partial charge >= 0.3 is 0 Å². The summed E-state index contributed by atoms with van der Waals surface area (Å²) in [5, 5.41) is 2.87. The Morgan fingerprint density at radius 1 is 1.19 bits per heavy atom. The monoisotopic (exact) mass is 383 g/mol. The average molecular weight is 383 g/mol. The van der Waals surface area contributed by atoms with E-state index in [1.807, 2.05) is 18.5 Å². The van der Waals surface area contributed by atoms with Crippen LogP contribution in [0, 0.1) is 0 Å². The fraction of sp³-hybridized carbons (Fsp3) is 0.300. The molecule has 0 aliphatic heterocycles. The summed E-state index contributed by atoms with van der Waals surface area (Å²) in [6, 6.07) is 12.7. The molecule has 0 radical (unpaired) electrons. The van der Waals surface area contributed by atoms with Gasteiger partial charge in [-0.15, -0.1) is 0 Å². The number of benzene rings is 2. The summed E-state index contributed by atoms with van der Waals surface area (Å²) >= 11 is 0. The lowest BCUT2D eigenvalue weighted by molar-refractivity contribution is 0.0951. The quantitative estimate of drug-likeness (QED) is 0.709. The molecule has 7 heteroatoms. The van der Waals surface area contributed by atoms with E-state index in [1.165, 1.54) is 12.8 Å². The van der Waals surface area contributed by atoms with Crippen LogP contribution in [0.4, 0.5) is 0 Å². The minimum Gasteiger partial charge on any atom is -0.348 e. The van der Waals surface area contributed by atoms with Crippen molar-refractivity contribution in [3.05, 3.63) is 59.9 Å². The first kappa shape index (κ1) is 17.7. The lowest BCUT2D eigenvalue weighted by Gasteiger charge is -2.07. The molecule has 1 amide bonds. The van der Waals surface area contributed by atoms with E-state index in [0.29, 0.717) is 23.0 Å². The molecule has 1 aliphatic carbocycles. The Labute approximate surface area is 158 Å². The maximum absolute atomic E-state index is 12.4. The molecule has 6 nitrogen and oxygen atoms in total. The van der Waals surface area contributed by atoms with E-state index in [1.54, 1.807) is 37.3 Å². The zero-order chi connectivity index (χ0) is 19.0. The number of nitrogens with one attached hydrogen (secondary N) is 1. The Morgan fingerprint density at radius 3 is 2.59 bits per heavy atom. The topological polar surface area (TPSA) is 81.1 Å². The highest BCUT2D eigenvalue weighted by molar-refractivity contribution is 7.91. The minimum absolute atomic E-state index is 0.0715. The predicted octanol–water partition coefficient (Wildman–Crippen LogP) is 3.09. The van der Waals surface area contributed by atoms with E-state index < -0.39 is 9.84 Å². The molecule has 27 heavy (non-hydrogen) atoms. The first-order chi connectivity index (χ1) is 13.0. The lowest BCUT2D eigenvalue weighted by atomic mass is 10.1. The molecule has 1 aromatic heterocycles. The Balaban J connectivity index is 1.44. The molecule has 140 valence electrons. The zero-order valence-corrected chi connectivity index (χ0v) is 15.9. The molecule has 4 rings (SSSR count). The fourth-order valence-electron chi connectivity index (χ4n) is 3.08. The van der Waals surface area contributed by atoms with Crippen molar-refractivity contribution in [2.45, 2.75) is 37.2 Å². The Kier molecular flexibility index (Phi) is 4.47. The van der Waals surface area contributed by atoms with Gasteiger partial charge in [0.05, 0.1) is 28.0 Å². The van der Waals surface area contributed by atoms with Gasteiger partial charge in [0, 0.05) is 18.2 Å². The van der Waals surface area contributed by atoms with Crippen LogP contribution in [0.3, 0.4) is 0 Å². The van der Waals surface area contributed by atoms with Gasteiger partial charge in [0.2, 0.25) is 0 Å². The molecule has 2 aromatic carbocycles. The molecule has 0 atom stereocenters. The van der Waals surface area contributed by atoms with Crippen molar-refractivity contribution < 1.29 is 13.2 Å². The lowest BCUT2D eigenvalue weighted by Crippen LogP contribution is -2.22. The molecular weight excluding hydrogens is 362 g/mol. The molecule has 0 unspecified atom stereocenters. The molecule has 3 aromatic rings. The van der Waals surface area contributed by atoms with Gasteiger partial charge in [-0.2, -0.15) is 0 Å². The van der Waals surface area contributed by atoms with Crippen LogP contribution in [0.25, 0.3) is 11.0 Å². The van der Waals surface area contributed by atoms with Crippen LogP contribution >= 0.6 is 0 Å². The fourth-order valence-corrected chi connectivity index (χ4v) is 3.97. The first-order valence-corrected chi connectivity index (χ1v) is 10.7. The van der Waals surface area contributed by atoms with Gasteiger partial charge in [-0.3, -0.25) is 4.79 Å². The SMILES string of the molecule is CCS(=O)(=O)c1ccc(CNC(=O)c2ccc3c(c2)ncn3C2CC2)cc1. The number of aromatic nitrogens is 2. The zero-order valence-electron chi connectivity index (χ0n) is 15.1. The second-order valence-corrected chi connectivity index (χ2v) is 9.09. The number of hydrogen-bond acceptors (Lipinski definition) is 4. The van der Waals surface area contributed by atoms with Gasteiger partial charge in [0.15, 0.2) is 9.84 Å². The van der Waals surface area contributed by atoms with Gasteiger partial charge in [-0.05, 0) is 48.7 Å². The number of carbonyl (C=O) groups excluding carboxylic acids is 1. The Morgan fingerprint density at radius 2 is 1.93 bits per heavy atom. The van der Waals surface area contributed by atoms with E-state index in [2.05, 4.69) is 14.9 Å². The smallest absolute Gasteiger partial charge is 0.251 e. The molecular formula is C20H21N3O3S. The normalized spacial score (nSPS) is 14.4. The van der Waals surface area contributed by atoms with E-state index in [0.717, 1.165) is 16.6 Å². The van der Waals surface area contributed by atoms with Crippen molar-refractivity contribution in [2.24, 2.45) is 0 Å². The molecule has 1 aliphatic rings. The number of carbonyl (C=O) groups is 1. The predicted molar refractivity (Wildman–Crippen MR) is 103 cm³/mol. The summed E-state index contributed by atoms with van der Waals surface area (Å²) in [6.07, 6.45) is 4.22.